The van der Waals surface area contributed by atoms with E-state index in [-0.39, 0.29) is 0 Å². The fourth-order valence-corrected chi connectivity index (χ4v) is 5.75. The van der Waals surface area contributed by atoms with Crippen molar-refractivity contribution in [3.63, 3.8) is 0 Å². The fraction of sp³-hybridized carbons (Fsp3) is 0.588. The van der Waals surface area contributed by atoms with Crippen molar-refractivity contribution in [3.05, 3.63) is 33.1 Å². The summed E-state index contributed by atoms with van der Waals surface area (Å²) in [7, 11) is -11.4. The van der Waals surface area contributed by atoms with E-state index in [0.717, 1.165) is 19.2 Å². The summed E-state index contributed by atoms with van der Waals surface area (Å²) in [6.45, 7) is -0.208. The van der Waals surface area contributed by atoms with Gasteiger partial charge in [-0.1, -0.05) is 0 Å². The number of rotatable bonds is 10. The molecule has 3 heterocycles. The topological polar surface area (TPSA) is 320 Å². The molecule has 0 saturated carbocycles. The van der Waals surface area contributed by atoms with Crippen LogP contribution in [0.5, 0.6) is 0 Å². The number of aliphatic hydroxyl groups is 3. The van der Waals surface area contributed by atoms with E-state index in [0.29, 0.717) is 4.57 Å². The highest BCUT2D eigenvalue weighted by Gasteiger charge is 2.52. The van der Waals surface area contributed by atoms with E-state index in [4.69, 9.17) is 14.6 Å². The average Bonchev–Trinajstić information content (AvgIpc) is 3.09. The van der Waals surface area contributed by atoms with E-state index in [9.17, 15) is 58.2 Å². The third-order valence-corrected chi connectivity index (χ3v) is 7.95. The van der Waals surface area contributed by atoms with Crippen LogP contribution in [0.4, 0.5) is 0 Å². The highest BCUT2D eigenvalue weighted by atomic mass is 31.3. The zero-order chi connectivity index (χ0) is 30.2. The Hall–Kier alpha value is -2.65. The number of nitrogens with zero attached hydrogens (tertiary/aromatic N) is 1. The van der Waals surface area contributed by atoms with E-state index in [1.165, 1.54) is 0 Å². The van der Waals surface area contributed by atoms with Crippen molar-refractivity contribution in [2.75, 3.05) is 6.61 Å². The molecule has 8 N–H and O–H groups in total. The maximum atomic E-state index is 12.4. The van der Waals surface area contributed by atoms with Gasteiger partial charge in [0.25, 0.3) is 5.56 Å². The summed E-state index contributed by atoms with van der Waals surface area (Å²) in [4.78, 5) is 79.8. The van der Waals surface area contributed by atoms with Crippen molar-refractivity contribution in [1.82, 2.24) is 14.9 Å². The van der Waals surface area contributed by atoms with Gasteiger partial charge in [-0.05, 0) is 0 Å². The van der Waals surface area contributed by atoms with E-state index in [1.54, 1.807) is 0 Å². The Bertz CT molecular complexity index is 1360. The third kappa shape index (κ3) is 7.35. The molecule has 2 fully saturated rings. The van der Waals surface area contributed by atoms with Crippen molar-refractivity contribution < 1.29 is 76.6 Å². The van der Waals surface area contributed by atoms with E-state index < -0.39 is 100 Å². The summed E-state index contributed by atoms with van der Waals surface area (Å²) in [6, 6.07) is -1.15. The van der Waals surface area contributed by atoms with Crippen LogP contribution in [0.1, 0.15) is 13.2 Å². The predicted molar refractivity (Wildman–Crippen MR) is 120 cm³/mol. The number of hydrogen-bond acceptors (Lipinski definition) is 15. The Morgan fingerprint density at radius 2 is 1.75 bits per heavy atom. The van der Waals surface area contributed by atoms with Crippen LogP contribution >= 0.6 is 15.6 Å². The molecule has 2 saturated heterocycles. The zero-order valence-corrected chi connectivity index (χ0v) is 21.7. The number of phosphoric ester groups is 2. The summed E-state index contributed by atoms with van der Waals surface area (Å²) in [6.07, 6.45) is -13.0. The summed E-state index contributed by atoms with van der Waals surface area (Å²) < 4.78 is 48.5. The van der Waals surface area contributed by atoms with Gasteiger partial charge in [0, 0.05) is 19.2 Å². The van der Waals surface area contributed by atoms with Gasteiger partial charge >= 0.3 is 27.3 Å². The Morgan fingerprint density at radius 3 is 2.33 bits per heavy atom. The lowest BCUT2D eigenvalue weighted by molar-refractivity contribution is -0.213. The molecule has 0 radical (unpaired) electrons. The van der Waals surface area contributed by atoms with Crippen LogP contribution in [0, 0.1) is 0 Å². The summed E-state index contributed by atoms with van der Waals surface area (Å²) in [5.41, 5.74) is -1.80. The molecular weight excluding hydrogens is 596 g/mol. The highest BCUT2D eigenvalue weighted by Crippen LogP contribution is 2.61. The molecule has 23 heteroatoms. The molecule has 40 heavy (non-hydrogen) atoms. The van der Waals surface area contributed by atoms with E-state index >= 15 is 0 Å². The standard InChI is InChI=1S/C17H23N3O18P2/c1-5(21)18-8-10(24)11(25)13(15(27)28)36-16(8)37-40(32,33)38-39(30,31)34-4-6-9(23)12(26)14(35-6)20-3-2-7(22)19-17(20)29/h2-3,6,8-9,11-14,16,23,25-26H,4H2,1H3,(H,18,21)(H,27,28)(H,30,31)(H,32,33)(H,19,22,29)/t6-,8-,9-,11+,12-,13+,14-,16-/m1/s1. The fourth-order valence-electron chi connectivity index (χ4n) is 3.60. The molecule has 2 aliphatic rings. The molecule has 1 aromatic heterocycles. The minimum Gasteiger partial charge on any atom is -0.479 e. The van der Waals surface area contributed by atoms with Crippen molar-refractivity contribution >= 4 is 33.3 Å². The zero-order valence-electron chi connectivity index (χ0n) is 19.9. The molecule has 1 aromatic rings. The van der Waals surface area contributed by atoms with Gasteiger partial charge in [0.15, 0.2) is 30.5 Å². The molecule has 1 amide bonds. The first-order chi connectivity index (χ1) is 18.4. The molecule has 0 aromatic carbocycles. The Kier molecular flexibility index (Phi) is 9.62. The lowest BCUT2D eigenvalue weighted by atomic mass is 9.98. The highest BCUT2D eigenvalue weighted by molar-refractivity contribution is 7.61. The van der Waals surface area contributed by atoms with Gasteiger partial charge in [-0.15, -0.1) is 0 Å². The molecule has 2 aliphatic heterocycles. The van der Waals surface area contributed by atoms with Crippen LogP contribution in [0.3, 0.4) is 0 Å². The van der Waals surface area contributed by atoms with Crippen molar-refractivity contribution in [2.45, 2.75) is 56.0 Å². The van der Waals surface area contributed by atoms with Gasteiger partial charge in [-0.2, -0.15) is 4.31 Å². The van der Waals surface area contributed by atoms with E-state index in [1.807, 2.05) is 10.3 Å². The van der Waals surface area contributed by atoms with Crippen LogP contribution < -0.4 is 16.6 Å². The number of Topliss-reactive ketones (excluding diaryl/α,β-unsaturated/α-hetero) is 1. The van der Waals surface area contributed by atoms with Gasteiger partial charge in [0.1, 0.15) is 24.4 Å². The molecular formula is C17H23N3O18P2. The molecule has 0 aliphatic carbocycles. The number of ether oxygens (including phenoxy) is 2. The smallest absolute Gasteiger partial charge is 0.479 e. The number of phosphoric acid groups is 2. The Labute approximate surface area is 221 Å². The van der Waals surface area contributed by atoms with Crippen LogP contribution in [0.25, 0.3) is 0 Å². The number of aliphatic carboxylic acids is 1. The first-order valence-electron chi connectivity index (χ1n) is 10.8. The minimum absolute atomic E-state index is 0.693. The van der Waals surface area contributed by atoms with Crippen LogP contribution in [-0.2, 0) is 46.3 Å². The number of nitrogens with one attached hydrogen (secondary N) is 2. The van der Waals surface area contributed by atoms with Gasteiger partial charge in [0.2, 0.25) is 5.91 Å². The number of aromatic amines is 1. The number of hydrogen-bond donors (Lipinski definition) is 8. The first-order valence-corrected chi connectivity index (χ1v) is 13.8. The van der Waals surface area contributed by atoms with Crippen molar-refractivity contribution in [1.29, 1.82) is 0 Å². The minimum atomic E-state index is -5.80. The predicted octanol–water partition coefficient (Wildman–Crippen LogP) is -4.35. The summed E-state index contributed by atoms with van der Waals surface area (Å²) in [5, 5.41) is 41.2. The van der Waals surface area contributed by atoms with Crippen LogP contribution in [0.2, 0.25) is 0 Å². The lowest BCUT2D eigenvalue weighted by Gasteiger charge is -2.36. The molecule has 0 spiro atoms. The largest absolute Gasteiger partial charge is 0.483 e. The molecule has 10 atom stereocenters. The molecule has 224 valence electrons. The number of carboxylic acids is 1. The number of carbonyl (C=O) groups excluding carboxylic acids is 2. The number of carbonyl (C=O) groups is 3. The number of aliphatic hydroxyl groups excluding tert-OH is 3. The quantitative estimate of drug-likeness (QED) is 0.115. The normalized spacial score (nSPS) is 33.6. The second-order valence-corrected chi connectivity index (χ2v) is 11.3. The van der Waals surface area contributed by atoms with E-state index in [2.05, 4.69) is 13.4 Å². The lowest BCUT2D eigenvalue weighted by Crippen LogP contribution is -2.63. The van der Waals surface area contributed by atoms with Crippen LogP contribution in [0.15, 0.2) is 21.9 Å². The molecule has 0 bridgehead atoms. The van der Waals surface area contributed by atoms with Gasteiger partial charge in [-0.3, -0.25) is 33.0 Å². The monoisotopic (exact) mass is 619 g/mol. The number of amides is 1. The van der Waals surface area contributed by atoms with Gasteiger partial charge < -0.3 is 45.0 Å². The maximum Gasteiger partial charge on any atom is 0.483 e. The number of H-pyrrole nitrogens is 1. The van der Waals surface area contributed by atoms with Gasteiger partial charge in [-0.25, -0.2) is 18.7 Å². The third-order valence-electron chi connectivity index (χ3n) is 5.35. The SMILES string of the molecule is CC(=O)N[C@@H]1C(=O)[C@H](O)[C@@H](C(=O)O)O[C@@H]1OP(=O)(O)OP(=O)(O)OC[C@H]1O[C@@H](n2ccc(=O)[nH]c2=O)[C@H](O)[C@@H]1O. The van der Waals surface area contributed by atoms with Crippen LogP contribution in [-0.4, -0.2) is 107 Å². The average molecular weight is 619 g/mol. The van der Waals surface area contributed by atoms with Gasteiger partial charge in [0.05, 0.1) is 6.61 Å². The molecule has 3 rings (SSSR count). The van der Waals surface area contributed by atoms with Crippen molar-refractivity contribution in [3.8, 4) is 0 Å². The second kappa shape index (κ2) is 12.1. The maximum absolute atomic E-state index is 12.4. The Morgan fingerprint density at radius 1 is 1.10 bits per heavy atom. The van der Waals surface area contributed by atoms with Crippen molar-refractivity contribution in [2.24, 2.45) is 0 Å². The first kappa shape index (κ1) is 31.9. The summed E-state index contributed by atoms with van der Waals surface area (Å²) >= 11 is 0. The Balaban J connectivity index is 1.68. The molecule has 2 unspecified atom stereocenters. The number of ketones is 1. The second-order valence-electron chi connectivity index (χ2n) is 8.27. The summed E-state index contributed by atoms with van der Waals surface area (Å²) in [5.74, 6) is -4.24. The number of aromatic nitrogens is 2. The molecule has 21 nitrogen and oxygen atoms in total. The number of carboxylic acid groups (broad SMARTS) is 1.